The Hall–Kier alpha value is -1.10. The first kappa shape index (κ1) is 15.3. The van der Waals surface area contributed by atoms with Gasteiger partial charge in [0, 0.05) is 5.92 Å². The van der Waals surface area contributed by atoms with Gasteiger partial charge in [-0.05, 0) is 49.9 Å². The summed E-state index contributed by atoms with van der Waals surface area (Å²) in [7, 11) is 1.68. The van der Waals surface area contributed by atoms with Crippen molar-refractivity contribution in [3.63, 3.8) is 0 Å². The van der Waals surface area contributed by atoms with Gasteiger partial charge >= 0.3 is 0 Å². The molecule has 5 atom stereocenters. The molecule has 3 N–H and O–H groups in total. The summed E-state index contributed by atoms with van der Waals surface area (Å²) < 4.78 is 11.2. The zero-order chi connectivity index (χ0) is 14.9. The van der Waals surface area contributed by atoms with E-state index in [2.05, 4.69) is 39.2 Å². The van der Waals surface area contributed by atoms with Gasteiger partial charge in [-0.1, -0.05) is 13.0 Å². The third-order valence-corrected chi connectivity index (χ3v) is 4.70. The maximum Gasteiger partial charge on any atom is 0.119 e. The second kappa shape index (κ2) is 6.12. The van der Waals surface area contributed by atoms with Gasteiger partial charge in [0.05, 0.1) is 25.4 Å². The summed E-state index contributed by atoms with van der Waals surface area (Å²) in [5.41, 5.74) is 5.40. The van der Waals surface area contributed by atoms with Crippen molar-refractivity contribution >= 4 is 0 Å². The molecule has 4 heteroatoms. The zero-order valence-electron chi connectivity index (χ0n) is 13.0. The highest BCUT2D eigenvalue weighted by Crippen LogP contribution is 2.41. The summed E-state index contributed by atoms with van der Waals surface area (Å²) in [4.78, 5) is 0. The molecule has 0 bridgehead atoms. The van der Waals surface area contributed by atoms with Crippen molar-refractivity contribution in [1.29, 1.82) is 0 Å². The van der Waals surface area contributed by atoms with Gasteiger partial charge in [0.2, 0.25) is 0 Å². The molecule has 1 saturated heterocycles. The van der Waals surface area contributed by atoms with Crippen LogP contribution in [0.3, 0.4) is 0 Å². The van der Waals surface area contributed by atoms with E-state index in [-0.39, 0.29) is 18.2 Å². The normalized spacial score (nSPS) is 31.3. The van der Waals surface area contributed by atoms with Crippen LogP contribution in [-0.2, 0) is 4.74 Å². The highest BCUT2D eigenvalue weighted by Gasteiger charge is 2.42. The summed E-state index contributed by atoms with van der Waals surface area (Å²) in [6.07, 6.45) is 0.465. The van der Waals surface area contributed by atoms with Crippen LogP contribution >= 0.6 is 0 Å². The minimum absolute atomic E-state index is 0.0934. The average Bonchev–Trinajstić information content (AvgIpc) is 2.67. The van der Waals surface area contributed by atoms with Crippen LogP contribution in [0.15, 0.2) is 18.2 Å². The molecular weight excluding hydrogens is 252 g/mol. The molecule has 112 valence electrons. The third kappa shape index (κ3) is 2.68. The molecule has 0 saturated carbocycles. The summed E-state index contributed by atoms with van der Waals surface area (Å²) >= 11 is 0. The van der Waals surface area contributed by atoms with E-state index >= 15 is 0 Å². The molecule has 0 amide bonds. The largest absolute Gasteiger partial charge is 0.497 e. The van der Waals surface area contributed by atoms with E-state index in [1.54, 1.807) is 7.11 Å². The molecule has 20 heavy (non-hydrogen) atoms. The molecule has 1 aliphatic heterocycles. The molecule has 0 radical (unpaired) electrons. The molecule has 1 aromatic carbocycles. The van der Waals surface area contributed by atoms with E-state index < -0.39 is 0 Å². The van der Waals surface area contributed by atoms with Crippen LogP contribution in [-0.4, -0.2) is 19.3 Å². The second-order valence-corrected chi connectivity index (χ2v) is 5.85. The van der Waals surface area contributed by atoms with Crippen LogP contribution in [0.1, 0.15) is 37.9 Å². The number of hydrogen-bond acceptors (Lipinski definition) is 4. The lowest BCUT2D eigenvalue weighted by Crippen LogP contribution is -2.39. The van der Waals surface area contributed by atoms with E-state index in [4.69, 9.17) is 15.3 Å². The molecule has 2 rings (SSSR count). The van der Waals surface area contributed by atoms with Gasteiger partial charge in [0.1, 0.15) is 5.75 Å². The minimum Gasteiger partial charge on any atom is -0.497 e. The fourth-order valence-electron chi connectivity index (χ4n) is 3.40. The lowest BCUT2D eigenvalue weighted by molar-refractivity contribution is 0.0474. The van der Waals surface area contributed by atoms with Crippen LogP contribution in [0.5, 0.6) is 5.75 Å². The molecule has 0 spiro atoms. The number of nitrogens with two attached hydrogens (primary N) is 1. The average molecular weight is 278 g/mol. The first-order valence-electron chi connectivity index (χ1n) is 7.25. The maximum atomic E-state index is 5.95. The Morgan fingerprint density at radius 1 is 1.25 bits per heavy atom. The Morgan fingerprint density at radius 3 is 2.40 bits per heavy atom. The fourth-order valence-corrected chi connectivity index (χ4v) is 3.40. The van der Waals surface area contributed by atoms with E-state index in [1.807, 2.05) is 12.1 Å². The number of nitrogens with one attached hydrogen (secondary N) is 1. The second-order valence-electron chi connectivity index (χ2n) is 5.85. The summed E-state index contributed by atoms with van der Waals surface area (Å²) in [6, 6.07) is 6.23. The molecule has 0 aromatic heterocycles. The number of rotatable bonds is 4. The molecule has 1 aliphatic rings. The van der Waals surface area contributed by atoms with Crippen LogP contribution in [0.25, 0.3) is 0 Å². The highest BCUT2D eigenvalue weighted by molar-refractivity contribution is 5.37. The summed E-state index contributed by atoms with van der Waals surface area (Å²) in [6.45, 7) is 8.60. The van der Waals surface area contributed by atoms with E-state index in [1.165, 1.54) is 11.1 Å². The van der Waals surface area contributed by atoms with Crippen molar-refractivity contribution in [1.82, 2.24) is 5.43 Å². The fraction of sp³-hybridized carbons (Fsp3) is 0.625. The monoisotopic (exact) mass is 278 g/mol. The Kier molecular flexibility index (Phi) is 4.68. The molecule has 5 unspecified atom stereocenters. The van der Waals surface area contributed by atoms with Crippen LogP contribution in [0.4, 0.5) is 0 Å². The van der Waals surface area contributed by atoms with Gasteiger partial charge < -0.3 is 9.47 Å². The van der Waals surface area contributed by atoms with Crippen molar-refractivity contribution in [3.05, 3.63) is 29.3 Å². The lowest BCUT2D eigenvalue weighted by atomic mass is 9.79. The molecule has 1 aromatic rings. The Labute approximate surface area is 121 Å². The van der Waals surface area contributed by atoms with Crippen LogP contribution < -0.4 is 16.0 Å². The van der Waals surface area contributed by atoms with E-state index in [0.29, 0.717) is 11.8 Å². The number of benzene rings is 1. The minimum atomic E-state index is 0.0934. The van der Waals surface area contributed by atoms with Crippen LogP contribution in [0.2, 0.25) is 0 Å². The van der Waals surface area contributed by atoms with Gasteiger partial charge in [-0.3, -0.25) is 11.3 Å². The van der Waals surface area contributed by atoms with E-state index in [9.17, 15) is 0 Å². The molecule has 4 nitrogen and oxygen atoms in total. The first-order chi connectivity index (χ1) is 9.49. The number of ether oxygens (including phenoxy) is 2. The van der Waals surface area contributed by atoms with Gasteiger partial charge in [-0.2, -0.15) is 0 Å². The van der Waals surface area contributed by atoms with Crippen molar-refractivity contribution in [2.24, 2.45) is 17.7 Å². The standard InChI is InChI=1S/C16H26N2O2/c1-9-8-13(19-5)6-7-14(9)16(18-17)15-10(2)11(3)20-12(15)4/h6-8,10-12,15-16,18H,17H2,1-5H3. The molecule has 1 heterocycles. The lowest BCUT2D eigenvalue weighted by Gasteiger charge is -2.30. The van der Waals surface area contributed by atoms with Crippen molar-refractivity contribution in [2.45, 2.75) is 45.9 Å². The molecular formula is C16H26N2O2. The molecule has 0 aliphatic carbocycles. The first-order valence-corrected chi connectivity index (χ1v) is 7.25. The van der Waals surface area contributed by atoms with Crippen molar-refractivity contribution in [3.8, 4) is 5.75 Å². The Balaban J connectivity index is 2.33. The Bertz CT molecular complexity index is 464. The summed E-state index contributed by atoms with van der Waals surface area (Å²) in [5, 5.41) is 0. The van der Waals surface area contributed by atoms with Gasteiger partial charge in [0.25, 0.3) is 0 Å². The number of hydrazine groups is 1. The highest BCUT2D eigenvalue weighted by atomic mass is 16.5. The van der Waals surface area contributed by atoms with Crippen LogP contribution in [0, 0.1) is 18.8 Å². The van der Waals surface area contributed by atoms with Crippen molar-refractivity contribution in [2.75, 3.05) is 7.11 Å². The number of hydrogen-bond donors (Lipinski definition) is 2. The predicted octanol–water partition coefficient (Wildman–Crippen LogP) is 2.57. The topological polar surface area (TPSA) is 56.5 Å². The quantitative estimate of drug-likeness (QED) is 0.656. The van der Waals surface area contributed by atoms with Gasteiger partial charge in [-0.25, -0.2) is 0 Å². The number of methoxy groups -OCH3 is 1. The zero-order valence-corrected chi connectivity index (χ0v) is 13.0. The Morgan fingerprint density at radius 2 is 1.95 bits per heavy atom. The maximum absolute atomic E-state index is 5.95. The van der Waals surface area contributed by atoms with Gasteiger partial charge in [0.15, 0.2) is 0 Å². The van der Waals surface area contributed by atoms with Gasteiger partial charge in [-0.15, -0.1) is 0 Å². The molecule has 1 fully saturated rings. The number of aryl methyl sites for hydroxylation is 1. The predicted molar refractivity (Wildman–Crippen MR) is 80.5 cm³/mol. The van der Waals surface area contributed by atoms with Crippen molar-refractivity contribution < 1.29 is 9.47 Å². The smallest absolute Gasteiger partial charge is 0.119 e. The summed E-state index contributed by atoms with van der Waals surface area (Å²) in [5.74, 6) is 7.56. The third-order valence-electron chi connectivity index (χ3n) is 4.70. The van der Waals surface area contributed by atoms with E-state index in [0.717, 1.165) is 5.75 Å². The SMILES string of the molecule is COc1ccc(C(NN)C2C(C)OC(C)C2C)c(C)c1.